The van der Waals surface area contributed by atoms with Gasteiger partial charge in [0.1, 0.15) is 10.6 Å². The van der Waals surface area contributed by atoms with E-state index in [0.717, 1.165) is 12.0 Å². The number of aryl methyl sites for hydroxylation is 1. The van der Waals surface area contributed by atoms with Gasteiger partial charge in [0.05, 0.1) is 5.69 Å². The predicted molar refractivity (Wildman–Crippen MR) is 94.9 cm³/mol. The summed E-state index contributed by atoms with van der Waals surface area (Å²) >= 11 is 3.24. The Labute approximate surface area is 148 Å². The highest BCUT2D eigenvalue weighted by Gasteiger charge is 2.24. The van der Waals surface area contributed by atoms with Crippen LogP contribution in [0.5, 0.6) is 5.75 Å². The van der Waals surface area contributed by atoms with Gasteiger partial charge >= 0.3 is 0 Å². The zero-order valence-electron chi connectivity index (χ0n) is 12.8. The molecular formula is C16H15BrN2O4S. The number of carbonyl (C=O) groups excluding carboxylic acids is 1. The minimum absolute atomic E-state index is 0.0389. The molecule has 24 heavy (non-hydrogen) atoms. The van der Waals surface area contributed by atoms with Crippen LogP contribution in [0.4, 0.5) is 11.4 Å². The molecule has 1 amide bonds. The summed E-state index contributed by atoms with van der Waals surface area (Å²) in [5.74, 6) is 0.0404. The van der Waals surface area contributed by atoms with Gasteiger partial charge in [0.25, 0.3) is 15.9 Å². The average molecular weight is 411 g/mol. The number of benzene rings is 2. The number of amides is 1. The van der Waals surface area contributed by atoms with Crippen LogP contribution >= 0.6 is 15.9 Å². The van der Waals surface area contributed by atoms with Crippen molar-refractivity contribution in [3.8, 4) is 5.75 Å². The van der Waals surface area contributed by atoms with Gasteiger partial charge in [0.2, 0.25) is 0 Å². The molecule has 0 unspecified atom stereocenters. The first-order chi connectivity index (χ1) is 11.4. The molecule has 0 radical (unpaired) electrons. The first-order valence-electron chi connectivity index (χ1n) is 7.27. The van der Waals surface area contributed by atoms with Gasteiger partial charge in [-0.05, 0) is 46.1 Å². The first kappa shape index (κ1) is 16.8. The fourth-order valence-electron chi connectivity index (χ4n) is 2.31. The quantitative estimate of drug-likeness (QED) is 0.810. The van der Waals surface area contributed by atoms with Crippen molar-refractivity contribution >= 4 is 43.2 Å². The van der Waals surface area contributed by atoms with Gasteiger partial charge < -0.3 is 10.1 Å². The number of carbonyl (C=O) groups is 1. The van der Waals surface area contributed by atoms with E-state index in [1.807, 2.05) is 19.1 Å². The lowest BCUT2D eigenvalue weighted by molar-refractivity contribution is -0.118. The van der Waals surface area contributed by atoms with E-state index in [4.69, 9.17) is 4.74 Å². The molecule has 1 aliphatic heterocycles. The molecular weight excluding hydrogens is 396 g/mol. The highest BCUT2D eigenvalue weighted by atomic mass is 79.9. The number of rotatable bonds is 4. The smallest absolute Gasteiger partial charge is 0.263 e. The molecule has 0 bridgehead atoms. The summed E-state index contributed by atoms with van der Waals surface area (Å²) in [5.41, 5.74) is 2.03. The van der Waals surface area contributed by atoms with E-state index >= 15 is 0 Å². The van der Waals surface area contributed by atoms with Crippen LogP contribution in [-0.2, 0) is 21.2 Å². The third-order valence-electron chi connectivity index (χ3n) is 3.57. The number of hydrogen-bond donors (Lipinski definition) is 2. The van der Waals surface area contributed by atoms with E-state index in [2.05, 4.69) is 26.0 Å². The molecule has 6 nitrogen and oxygen atoms in total. The molecule has 0 saturated carbocycles. The minimum atomic E-state index is -3.80. The number of ether oxygens (including phenoxy) is 1. The van der Waals surface area contributed by atoms with Crippen molar-refractivity contribution in [3.63, 3.8) is 0 Å². The zero-order chi connectivity index (χ0) is 17.3. The maximum absolute atomic E-state index is 12.6. The summed E-state index contributed by atoms with van der Waals surface area (Å²) in [6.45, 7) is 1.89. The second-order valence-electron chi connectivity index (χ2n) is 5.27. The van der Waals surface area contributed by atoms with Crippen molar-refractivity contribution < 1.29 is 17.9 Å². The highest BCUT2D eigenvalue weighted by Crippen LogP contribution is 2.36. The molecule has 0 atom stereocenters. The van der Waals surface area contributed by atoms with E-state index in [0.29, 0.717) is 21.6 Å². The van der Waals surface area contributed by atoms with Crippen molar-refractivity contribution in [1.29, 1.82) is 0 Å². The molecule has 1 aliphatic rings. The molecule has 0 saturated heterocycles. The Hall–Kier alpha value is -2.06. The summed E-state index contributed by atoms with van der Waals surface area (Å²) in [5, 5.41) is 2.63. The van der Waals surface area contributed by atoms with Crippen molar-refractivity contribution in [2.75, 3.05) is 16.6 Å². The number of fused-ring (bicyclic) bond motifs is 1. The van der Waals surface area contributed by atoms with Crippen molar-refractivity contribution in [2.24, 2.45) is 0 Å². The number of nitrogens with one attached hydrogen (secondary N) is 2. The molecule has 0 fully saturated rings. The van der Waals surface area contributed by atoms with Gasteiger partial charge in [-0.1, -0.05) is 19.1 Å². The van der Waals surface area contributed by atoms with Crippen LogP contribution < -0.4 is 14.8 Å². The fraction of sp³-hybridized carbons (Fsp3) is 0.188. The van der Waals surface area contributed by atoms with E-state index in [9.17, 15) is 13.2 Å². The summed E-state index contributed by atoms with van der Waals surface area (Å²) in [4.78, 5) is 11.4. The van der Waals surface area contributed by atoms with Crippen molar-refractivity contribution in [1.82, 2.24) is 0 Å². The summed E-state index contributed by atoms with van der Waals surface area (Å²) in [6, 6.07) is 10.1. The minimum Gasteiger partial charge on any atom is -0.482 e. The van der Waals surface area contributed by atoms with Crippen LogP contribution in [0.25, 0.3) is 0 Å². The van der Waals surface area contributed by atoms with Crippen LogP contribution in [0, 0.1) is 0 Å². The predicted octanol–water partition coefficient (Wildman–Crippen LogP) is 3.14. The Bertz CT molecular complexity index is 895. The van der Waals surface area contributed by atoms with Crippen LogP contribution in [0.2, 0.25) is 0 Å². The standard InChI is InChI=1S/C16H15BrN2O4S/c1-2-10-3-5-11(6-4-10)19-24(21,22)15-8-14-13(7-12(15)17)18-16(20)9-23-14/h3-8,19H,2,9H2,1H3,(H,18,20). The normalized spacial score (nSPS) is 13.7. The zero-order valence-corrected chi connectivity index (χ0v) is 15.2. The Morgan fingerprint density at radius 3 is 2.62 bits per heavy atom. The van der Waals surface area contributed by atoms with Crippen molar-refractivity contribution in [2.45, 2.75) is 18.2 Å². The lowest BCUT2D eigenvalue weighted by atomic mass is 10.2. The first-order valence-corrected chi connectivity index (χ1v) is 9.54. The van der Waals surface area contributed by atoms with Crippen LogP contribution in [0.1, 0.15) is 12.5 Å². The number of hydrogen-bond acceptors (Lipinski definition) is 4. The topological polar surface area (TPSA) is 84.5 Å². The Morgan fingerprint density at radius 2 is 1.96 bits per heavy atom. The average Bonchev–Trinajstić information content (AvgIpc) is 2.54. The monoisotopic (exact) mass is 410 g/mol. The molecule has 2 aromatic rings. The van der Waals surface area contributed by atoms with E-state index < -0.39 is 10.0 Å². The van der Waals surface area contributed by atoms with Crippen LogP contribution in [0.3, 0.4) is 0 Å². The van der Waals surface area contributed by atoms with Gasteiger partial charge in [-0.2, -0.15) is 0 Å². The lowest BCUT2D eigenvalue weighted by Gasteiger charge is -2.19. The molecule has 3 rings (SSSR count). The third kappa shape index (κ3) is 3.39. The van der Waals surface area contributed by atoms with Gasteiger partial charge in [0.15, 0.2) is 6.61 Å². The Balaban J connectivity index is 1.93. The third-order valence-corrected chi connectivity index (χ3v) is 5.91. The summed E-state index contributed by atoms with van der Waals surface area (Å²) in [6.07, 6.45) is 0.881. The maximum atomic E-state index is 12.6. The van der Waals surface area contributed by atoms with E-state index in [1.165, 1.54) is 12.1 Å². The molecule has 0 aliphatic carbocycles. The summed E-state index contributed by atoms with van der Waals surface area (Å²) in [7, 11) is -3.80. The fourth-order valence-corrected chi connectivity index (χ4v) is 4.42. The molecule has 0 aromatic heterocycles. The van der Waals surface area contributed by atoms with Gasteiger partial charge in [-0.25, -0.2) is 8.42 Å². The van der Waals surface area contributed by atoms with Gasteiger partial charge in [-0.3, -0.25) is 9.52 Å². The van der Waals surface area contributed by atoms with E-state index in [-0.39, 0.29) is 17.4 Å². The molecule has 2 aromatic carbocycles. The van der Waals surface area contributed by atoms with Gasteiger partial charge in [-0.15, -0.1) is 0 Å². The molecule has 126 valence electrons. The second kappa shape index (κ2) is 6.45. The largest absolute Gasteiger partial charge is 0.482 e. The van der Waals surface area contributed by atoms with Crippen molar-refractivity contribution in [3.05, 3.63) is 46.4 Å². The van der Waals surface area contributed by atoms with Crippen LogP contribution in [0.15, 0.2) is 45.8 Å². The molecule has 8 heteroatoms. The van der Waals surface area contributed by atoms with Gasteiger partial charge in [0, 0.05) is 16.2 Å². The summed E-state index contributed by atoms with van der Waals surface area (Å²) < 4.78 is 33.4. The molecule has 1 heterocycles. The second-order valence-corrected chi connectivity index (χ2v) is 7.78. The number of sulfonamides is 1. The highest BCUT2D eigenvalue weighted by molar-refractivity contribution is 9.10. The lowest BCUT2D eigenvalue weighted by Crippen LogP contribution is -2.26. The Kier molecular flexibility index (Phi) is 4.51. The number of anilines is 2. The number of halogens is 1. The van der Waals surface area contributed by atoms with Crippen LogP contribution in [-0.4, -0.2) is 20.9 Å². The van der Waals surface area contributed by atoms with E-state index in [1.54, 1.807) is 12.1 Å². The SMILES string of the molecule is CCc1ccc(NS(=O)(=O)c2cc3c(cc2Br)NC(=O)CO3)cc1. The molecule has 0 spiro atoms. The Morgan fingerprint density at radius 1 is 1.25 bits per heavy atom. The molecule has 2 N–H and O–H groups in total. The maximum Gasteiger partial charge on any atom is 0.263 e.